The molecule has 1 rings (SSSR count). The highest BCUT2D eigenvalue weighted by molar-refractivity contribution is 14.1. The molecule has 0 aliphatic heterocycles. The van der Waals surface area contributed by atoms with Gasteiger partial charge in [-0.3, -0.25) is 0 Å². The van der Waals surface area contributed by atoms with Crippen molar-refractivity contribution in [1.82, 2.24) is 0 Å². The summed E-state index contributed by atoms with van der Waals surface area (Å²) in [6.45, 7) is 1.92. The minimum absolute atomic E-state index is 0.00759. The van der Waals surface area contributed by atoms with Gasteiger partial charge in [0.05, 0.1) is 6.17 Å². The van der Waals surface area contributed by atoms with Crippen molar-refractivity contribution in [2.75, 3.05) is 5.32 Å². The lowest BCUT2D eigenvalue weighted by molar-refractivity contribution is 0.851. The number of hydrogen-bond acceptors (Lipinski definition) is 2. The molecule has 11 heavy (non-hydrogen) atoms. The molecule has 2 nitrogen and oxygen atoms in total. The zero-order valence-corrected chi connectivity index (χ0v) is 8.50. The van der Waals surface area contributed by atoms with Gasteiger partial charge in [-0.25, -0.2) is 0 Å². The first kappa shape index (κ1) is 8.80. The Hall–Kier alpha value is -0.290. The molecule has 0 aromatic heterocycles. The van der Waals surface area contributed by atoms with Crippen LogP contribution in [0.15, 0.2) is 24.3 Å². The zero-order chi connectivity index (χ0) is 8.27. The van der Waals surface area contributed by atoms with E-state index in [1.54, 1.807) is 0 Å². The van der Waals surface area contributed by atoms with Gasteiger partial charge in [-0.1, -0.05) is 6.07 Å². The maximum absolute atomic E-state index is 5.56. The first-order valence-corrected chi connectivity index (χ1v) is 4.54. The summed E-state index contributed by atoms with van der Waals surface area (Å²) in [6, 6.07) is 8.12. The van der Waals surface area contributed by atoms with Crippen LogP contribution >= 0.6 is 22.6 Å². The lowest BCUT2D eigenvalue weighted by atomic mass is 10.3. The summed E-state index contributed by atoms with van der Waals surface area (Å²) in [5.41, 5.74) is 6.64. The van der Waals surface area contributed by atoms with E-state index in [2.05, 4.69) is 34.0 Å². The molecule has 0 heterocycles. The van der Waals surface area contributed by atoms with Crippen molar-refractivity contribution in [2.24, 2.45) is 5.73 Å². The Labute approximate surface area is 80.3 Å². The van der Waals surface area contributed by atoms with Crippen LogP contribution in [0.5, 0.6) is 0 Å². The number of nitrogens with one attached hydrogen (secondary N) is 1. The monoisotopic (exact) mass is 262 g/mol. The molecular weight excluding hydrogens is 251 g/mol. The SMILES string of the molecule is CC(N)Nc1cccc(I)c1. The van der Waals surface area contributed by atoms with E-state index in [9.17, 15) is 0 Å². The summed E-state index contributed by atoms with van der Waals surface area (Å²) in [6.07, 6.45) is 0.00759. The van der Waals surface area contributed by atoms with Gasteiger partial charge in [-0.15, -0.1) is 0 Å². The minimum atomic E-state index is 0.00759. The summed E-state index contributed by atoms with van der Waals surface area (Å²) < 4.78 is 1.22. The predicted octanol–water partition coefficient (Wildman–Crippen LogP) is 2.01. The first-order chi connectivity index (χ1) is 5.18. The van der Waals surface area contributed by atoms with Crippen molar-refractivity contribution in [2.45, 2.75) is 13.1 Å². The Balaban J connectivity index is 2.71. The van der Waals surface area contributed by atoms with Crippen LogP contribution in [0.25, 0.3) is 0 Å². The molecule has 0 aliphatic rings. The summed E-state index contributed by atoms with van der Waals surface area (Å²) >= 11 is 2.27. The second kappa shape index (κ2) is 3.92. The van der Waals surface area contributed by atoms with Crippen LogP contribution in [0.3, 0.4) is 0 Å². The van der Waals surface area contributed by atoms with Crippen LogP contribution in [0.1, 0.15) is 6.92 Å². The molecule has 0 bridgehead atoms. The number of benzene rings is 1. The van der Waals surface area contributed by atoms with E-state index < -0.39 is 0 Å². The fourth-order valence-corrected chi connectivity index (χ4v) is 1.38. The van der Waals surface area contributed by atoms with E-state index in [1.807, 2.05) is 25.1 Å². The average molecular weight is 262 g/mol. The molecule has 60 valence electrons. The molecular formula is C8H11IN2. The lowest BCUT2D eigenvalue weighted by Gasteiger charge is -2.09. The van der Waals surface area contributed by atoms with E-state index in [4.69, 9.17) is 5.73 Å². The number of rotatable bonds is 2. The van der Waals surface area contributed by atoms with Crippen molar-refractivity contribution < 1.29 is 0 Å². The lowest BCUT2D eigenvalue weighted by Crippen LogP contribution is -2.25. The molecule has 1 unspecified atom stereocenters. The fraction of sp³-hybridized carbons (Fsp3) is 0.250. The molecule has 0 saturated carbocycles. The Morgan fingerprint density at radius 1 is 1.55 bits per heavy atom. The Bertz CT molecular complexity index is 235. The van der Waals surface area contributed by atoms with Gasteiger partial charge in [0.2, 0.25) is 0 Å². The normalized spacial score (nSPS) is 12.6. The van der Waals surface area contributed by atoms with Gasteiger partial charge in [0.1, 0.15) is 0 Å². The molecule has 1 atom stereocenters. The van der Waals surface area contributed by atoms with Crippen LogP contribution in [-0.2, 0) is 0 Å². The quantitative estimate of drug-likeness (QED) is 0.632. The van der Waals surface area contributed by atoms with Gasteiger partial charge in [0, 0.05) is 9.26 Å². The van der Waals surface area contributed by atoms with Crippen LogP contribution in [0.2, 0.25) is 0 Å². The van der Waals surface area contributed by atoms with Gasteiger partial charge >= 0.3 is 0 Å². The highest BCUT2D eigenvalue weighted by Gasteiger charge is 1.94. The van der Waals surface area contributed by atoms with Crippen LogP contribution in [0.4, 0.5) is 5.69 Å². The second-order valence-electron chi connectivity index (χ2n) is 2.44. The minimum Gasteiger partial charge on any atom is -0.370 e. The van der Waals surface area contributed by atoms with E-state index in [-0.39, 0.29) is 6.17 Å². The smallest absolute Gasteiger partial charge is 0.0714 e. The van der Waals surface area contributed by atoms with E-state index >= 15 is 0 Å². The van der Waals surface area contributed by atoms with Gasteiger partial charge in [0.25, 0.3) is 0 Å². The Morgan fingerprint density at radius 3 is 2.82 bits per heavy atom. The summed E-state index contributed by atoms with van der Waals surface area (Å²) in [7, 11) is 0. The van der Waals surface area contributed by atoms with Crippen molar-refractivity contribution in [1.29, 1.82) is 0 Å². The average Bonchev–Trinajstić information content (AvgIpc) is 1.85. The highest BCUT2D eigenvalue weighted by atomic mass is 127. The Kier molecular flexibility index (Phi) is 3.14. The van der Waals surface area contributed by atoms with E-state index in [0.29, 0.717) is 0 Å². The number of hydrogen-bond donors (Lipinski definition) is 2. The van der Waals surface area contributed by atoms with Gasteiger partial charge in [-0.2, -0.15) is 0 Å². The Morgan fingerprint density at radius 2 is 2.27 bits per heavy atom. The first-order valence-electron chi connectivity index (χ1n) is 3.46. The van der Waals surface area contributed by atoms with Crippen molar-refractivity contribution >= 4 is 28.3 Å². The maximum atomic E-state index is 5.56. The van der Waals surface area contributed by atoms with E-state index in [0.717, 1.165) is 5.69 Å². The largest absolute Gasteiger partial charge is 0.370 e. The summed E-state index contributed by atoms with van der Waals surface area (Å²) in [4.78, 5) is 0. The van der Waals surface area contributed by atoms with Gasteiger partial charge in [0.15, 0.2) is 0 Å². The molecule has 3 heteroatoms. The van der Waals surface area contributed by atoms with Crippen LogP contribution in [-0.4, -0.2) is 6.17 Å². The summed E-state index contributed by atoms with van der Waals surface area (Å²) in [5, 5.41) is 3.12. The van der Waals surface area contributed by atoms with Gasteiger partial charge < -0.3 is 11.1 Å². The molecule has 0 radical (unpaired) electrons. The molecule has 1 aromatic carbocycles. The fourth-order valence-electron chi connectivity index (χ4n) is 0.841. The standard InChI is InChI=1S/C8H11IN2/c1-6(10)11-8-4-2-3-7(9)5-8/h2-6,11H,10H2,1H3. The third kappa shape index (κ3) is 3.07. The molecule has 0 fully saturated rings. The molecule has 0 amide bonds. The summed E-state index contributed by atoms with van der Waals surface area (Å²) in [5.74, 6) is 0. The molecule has 0 aliphatic carbocycles. The van der Waals surface area contributed by atoms with Crippen molar-refractivity contribution in [3.63, 3.8) is 0 Å². The molecule has 0 spiro atoms. The van der Waals surface area contributed by atoms with Crippen LogP contribution in [0, 0.1) is 3.57 Å². The molecule has 1 aromatic rings. The topological polar surface area (TPSA) is 38.0 Å². The number of nitrogens with two attached hydrogens (primary N) is 1. The second-order valence-corrected chi connectivity index (χ2v) is 3.69. The third-order valence-electron chi connectivity index (χ3n) is 1.22. The molecule has 0 saturated heterocycles. The number of anilines is 1. The van der Waals surface area contributed by atoms with E-state index in [1.165, 1.54) is 3.57 Å². The maximum Gasteiger partial charge on any atom is 0.0714 e. The third-order valence-corrected chi connectivity index (χ3v) is 1.89. The molecule has 3 N–H and O–H groups in total. The van der Waals surface area contributed by atoms with Gasteiger partial charge in [-0.05, 0) is 47.7 Å². The van der Waals surface area contributed by atoms with Crippen LogP contribution < -0.4 is 11.1 Å². The van der Waals surface area contributed by atoms with Crippen molar-refractivity contribution in [3.8, 4) is 0 Å². The zero-order valence-electron chi connectivity index (χ0n) is 6.34. The number of halogens is 1. The van der Waals surface area contributed by atoms with Crippen molar-refractivity contribution in [3.05, 3.63) is 27.8 Å². The predicted molar refractivity (Wildman–Crippen MR) is 56.4 cm³/mol. The highest BCUT2D eigenvalue weighted by Crippen LogP contribution is 2.12.